The fourth-order valence-electron chi connectivity index (χ4n) is 0.436. The average Bonchev–Trinajstić information content (AvgIpc) is 1.89. The minimum atomic E-state index is -2.48. The van der Waals surface area contributed by atoms with Gasteiger partial charge in [0.15, 0.2) is 0 Å². The highest BCUT2D eigenvalue weighted by Crippen LogP contribution is 1.88. The first-order chi connectivity index (χ1) is 4.72. The molecule has 0 saturated carbocycles. The normalized spacial score (nSPS) is 10.6. The van der Waals surface area contributed by atoms with E-state index >= 15 is 0 Å². The molecular formula is C6H11NO2S. The molecule has 0 saturated heterocycles. The van der Waals surface area contributed by atoms with Gasteiger partial charge in [-0.2, -0.15) is 0 Å². The molecule has 0 radical (unpaired) electrons. The van der Waals surface area contributed by atoms with E-state index in [-0.39, 0.29) is 0 Å². The van der Waals surface area contributed by atoms with Crippen LogP contribution in [0.25, 0.3) is 0 Å². The summed E-state index contributed by atoms with van der Waals surface area (Å²) in [6, 6.07) is 0. The fraction of sp³-hybridized carbons (Fsp3) is 0.333. The van der Waals surface area contributed by atoms with Crippen LogP contribution in [-0.4, -0.2) is 19.3 Å². The Kier molecular flexibility index (Phi) is 4.66. The van der Waals surface area contributed by atoms with Gasteiger partial charge in [0, 0.05) is 12.7 Å². The third-order valence-corrected chi connectivity index (χ3v) is 1.76. The Labute approximate surface area is 62.7 Å². The van der Waals surface area contributed by atoms with Gasteiger partial charge in [-0.05, 0) is 13.0 Å². The summed E-state index contributed by atoms with van der Waals surface area (Å²) in [4.78, 5) is 0. The molecule has 0 rings (SSSR count). The van der Waals surface area contributed by atoms with Crippen LogP contribution in [0.5, 0.6) is 0 Å². The minimum absolute atomic E-state index is 0.461. The van der Waals surface area contributed by atoms with Crippen molar-refractivity contribution >= 4 is 10.9 Å². The maximum Gasteiger partial charge on any atom is 0.224 e. The lowest BCUT2D eigenvalue weighted by Crippen LogP contribution is -2.13. The average molecular weight is 161 g/mol. The van der Waals surface area contributed by atoms with Crippen LogP contribution in [0.3, 0.4) is 0 Å². The second-order valence-corrected chi connectivity index (χ2v) is 2.56. The molecule has 0 aliphatic heterocycles. The molecule has 0 bridgehead atoms. The largest absolute Gasteiger partial charge is 0.280 e. The van der Waals surface area contributed by atoms with E-state index < -0.39 is 10.9 Å². The van der Waals surface area contributed by atoms with Crippen LogP contribution in [0.2, 0.25) is 0 Å². The Bertz CT molecular complexity index is 188. The minimum Gasteiger partial charge on any atom is -0.280 e. The molecule has 0 unspecified atom stereocenters. The van der Waals surface area contributed by atoms with Gasteiger partial charge in [-0.1, -0.05) is 12.7 Å². The zero-order valence-corrected chi connectivity index (χ0v) is 6.75. The van der Waals surface area contributed by atoms with Gasteiger partial charge >= 0.3 is 0 Å². The molecule has 0 aromatic heterocycles. The van der Waals surface area contributed by atoms with Gasteiger partial charge in [0.25, 0.3) is 0 Å². The topological polar surface area (TPSA) is 37.4 Å². The summed E-state index contributed by atoms with van der Waals surface area (Å²) in [5.41, 5.74) is 0. The summed E-state index contributed by atoms with van der Waals surface area (Å²) in [5, 5.41) is 0. The van der Waals surface area contributed by atoms with Crippen LogP contribution in [0.1, 0.15) is 6.92 Å². The smallest absolute Gasteiger partial charge is 0.224 e. The molecular weight excluding hydrogens is 150 g/mol. The Morgan fingerprint density at radius 2 is 2.20 bits per heavy atom. The number of hydrogen-bond acceptors (Lipinski definition) is 2. The van der Waals surface area contributed by atoms with Crippen LogP contribution in [0.4, 0.5) is 0 Å². The van der Waals surface area contributed by atoms with Gasteiger partial charge in [-0.3, -0.25) is 4.31 Å². The van der Waals surface area contributed by atoms with Gasteiger partial charge in [0.1, 0.15) is 0 Å². The number of hydrogen-bond donors (Lipinski definition) is 1. The maximum atomic E-state index is 10.3. The summed E-state index contributed by atoms with van der Waals surface area (Å²) >= 11 is 0. The van der Waals surface area contributed by atoms with Crippen molar-refractivity contribution in [2.24, 2.45) is 0 Å². The van der Waals surface area contributed by atoms with Gasteiger partial charge in [-0.25, -0.2) is 8.42 Å². The number of nitrogens with zero attached hydrogens (tertiary/aromatic N) is 1. The van der Waals surface area contributed by atoms with Crippen molar-refractivity contribution < 1.29 is 8.42 Å². The molecule has 10 heavy (non-hydrogen) atoms. The highest BCUT2D eigenvalue weighted by molar-refractivity contribution is 7.70. The van der Waals surface area contributed by atoms with E-state index in [1.165, 1.54) is 16.6 Å². The molecule has 4 heteroatoms. The summed E-state index contributed by atoms with van der Waals surface area (Å²) in [5.74, 6) is 0. The molecule has 0 heterocycles. The van der Waals surface area contributed by atoms with Crippen molar-refractivity contribution in [3.8, 4) is 0 Å². The van der Waals surface area contributed by atoms with E-state index in [0.29, 0.717) is 6.54 Å². The first-order valence-electron chi connectivity index (χ1n) is 2.92. The van der Waals surface area contributed by atoms with Gasteiger partial charge in [0.2, 0.25) is 10.9 Å². The summed E-state index contributed by atoms with van der Waals surface area (Å²) in [6.45, 7) is 5.64. The van der Waals surface area contributed by atoms with Gasteiger partial charge in [-0.15, -0.1) is 0 Å². The second kappa shape index (κ2) is 5.05. The Hall–Kier alpha value is -0.770. The van der Waals surface area contributed by atoms with Gasteiger partial charge < -0.3 is 0 Å². The number of thiol groups is 1. The Balaban J connectivity index is 4.08. The predicted molar refractivity (Wildman–Crippen MR) is 42.0 cm³/mol. The highest BCUT2D eigenvalue weighted by atomic mass is 32.2. The Morgan fingerprint density at radius 3 is 2.50 bits per heavy atom. The van der Waals surface area contributed by atoms with Crippen molar-refractivity contribution in [1.82, 2.24) is 4.31 Å². The molecule has 58 valence electrons. The van der Waals surface area contributed by atoms with Gasteiger partial charge in [0.05, 0.1) is 0 Å². The molecule has 0 amide bonds. The summed E-state index contributed by atoms with van der Waals surface area (Å²) in [6.07, 6.45) is 4.58. The molecule has 0 aromatic rings. The van der Waals surface area contributed by atoms with Crippen LogP contribution in [0.15, 0.2) is 24.9 Å². The SMILES string of the molecule is C=C/C=C/N(CC)[SH](=O)=O. The molecule has 0 aromatic carbocycles. The zero-order valence-electron chi connectivity index (χ0n) is 5.86. The highest BCUT2D eigenvalue weighted by Gasteiger charge is 1.92. The van der Waals surface area contributed by atoms with E-state index in [1.807, 2.05) is 0 Å². The fourth-order valence-corrected chi connectivity index (χ4v) is 0.852. The third-order valence-electron chi connectivity index (χ3n) is 0.928. The van der Waals surface area contributed by atoms with E-state index in [1.54, 1.807) is 13.0 Å². The molecule has 0 aliphatic carbocycles. The number of allylic oxidation sites excluding steroid dienone is 2. The first-order valence-corrected chi connectivity index (χ1v) is 4.05. The van der Waals surface area contributed by atoms with Crippen molar-refractivity contribution in [2.45, 2.75) is 6.92 Å². The molecule has 3 nitrogen and oxygen atoms in total. The van der Waals surface area contributed by atoms with E-state index in [2.05, 4.69) is 6.58 Å². The lowest BCUT2D eigenvalue weighted by molar-refractivity contribution is 0.534. The van der Waals surface area contributed by atoms with Crippen molar-refractivity contribution in [1.29, 1.82) is 0 Å². The predicted octanol–water partition coefficient (Wildman–Crippen LogP) is 0.534. The van der Waals surface area contributed by atoms with E-state index in [0.717, 1.165) is 0 Å². The van der Waals surface area contributed by atoms with Crippen molar-refractivity contribution in [2.75, 3.05) is 6.54 Å². The molecule has 0 N–H and O–H groups in total. The lowest BCUT2D eigenvalue weighted by Gasteiger charge is -2.06. The summed E-state index contributed by atoms with van der Waals surface area (Å²) < 4.78 is 21.8. The molecule has 0 spiro atoms. The Morgan fingerprint density at radius 1 is 1.60 bits per heavy atom. The third kappa shape index (κ3) is 3.29. The van der Waals surface area contributed by atoms with Crippen LogP contribution in [-0.2, 0) is 10.9 Å². The first kappa shape index (κ1) is 9.23. The van der Waals surface area contributed by atoms with E-state index in [4.69, 9.17) is 0 Å². The second-order valence-electron chi connectivity index (χ2n) is 1.57. The monoisotopic (exact) mass is 161 g/mol. The van der Waals surface area contributed by atoms with Crippen LogP contribution in [0, 0.1) is 0 Å². The van der Waals surface area contributed by atoms with Crippen molar-refractivity contribution in [3.05, 3.63) is 24.9 Å². The molecule has 0 fully saturated rings. The maximum absolute atomic E-state index is 10.3. The van der Waals surface area contributed by atoms with Crippen molar-refractivity contribution in [3.63, 3.8) is 0 Å². The van der Waals surface area contributed by atoms with E-state index in [9.17, 15) is 8.42 Å². The van der Waals surface area contributed by atoms with Crippen LogP contribution < -0.4 is 0 Å². The molecule has 0 atom stereocenters. The quantitative estimate of drug-likeness (QED) is 0.482. The summed E-state index contributed by atoms with van der Waals surface area (Å²) in [7, 11) is -2.48. The van der Waals surface area contributed by atoms with Crippen LogP contribution >= 0.6 is 0 Å². The number of rotatable bonds is 4. The standard InChI is InChI=1S/C6H11NO2S/c1-3-5-6-7(4-2)10(8)9/h3,5-6,10H,1,4H2,2H3/b6-5+. The zero-order chi connectivity index (χ0) is 7.98. The lowest BCUT2D eigenvalue weighted by atomic mass is 10.6. The molecule has 0 aliphatic rings.